The molecule has 10 aromatic rings. The molecule has 0 saturated carbocycles. The fraction of sp³-hybridized carbons (Fsp3) is 0.0545. The summed E-state index contributed by atoms with van der Waals surface area (Å²) in [7, 11) is -2.84. The van der Waals surface area contributed by atoms with Crippen LogP contribution in [-0.4, -0.2) is 22.6 Å². The van der Waals surface area contributed by atoms with Crippen LogP contribution in [0.4, 0.5) is 0 Å². The van der Waals surface area contributed by atoms with E-state index in [-0.39, 0.29) is 5.41 Å². The van der Waals surface area contributed by atoms with Crippen molar-refractivity contribution in [1.82, 2.24) is 14.5 Å². The molecular weight excluding hydrogens is 731 g/mol. The SMILES string of the molecule is CC1(C)c2ccccc2-c2cc3c(cc21)c1ccccc1n3-c1ccc(-c2nc(-c3ccccc3)c3c(n2)-c2ccccc2[Si]3(c2ccccc2)c2ccccc2)cc1. The van der Waals surface area contributed by atoms with Crippen LogP contribution in [0.25, 0.3) is 72.5 Å². The van der Waals surface area contributed by atoms with Gasteiger partial charge in [0.25, 0.3) is 0 Å². The number of nitrogens with zero attached hydrogens (tertiary/aromatic N) is 3. The van der Waals surface area contributed by atoms with Crippen LogP contribution in [0.3, 0.4) is 0 Å². The van der Waals surface area contributed by atoms with Crippen molar-refractivity contribution >= 4 is 50.6 Å². The molecule has 4 heteroatoms. The number of benzene rings is 8. The molecule has 0 spiro atoms. The van der Waals surface area contributed by atoms with Crippen molar-refractivity contribution in [3.8, 4) is 50.7 Å². The third kappa shape index (κ3) is 4.75. The molecule has 0 bridgehead atoms. The Hall–Kier alpha value is -7.14. The molecule has 0 atom stereocenters. The zero-order valence-corrected chi connectivity index (χ0v) is 33.9. The summed E-state index contributed by atoms with van der Waals surface area (Å²) in [5.74, 6) is 0.730. The fourth-order valence-electron chi connectivity index (χ4n) is 10.4. The summed E-state index contributed by atoms with van der Waals surface area (Å²) in [6, 6.07) is 73.4. The van der Waals surface area contributed by atoms with Crippen molar-refractivity contribution in [2.24, 2.45) is 0 Å². The molecule has 0 radical (unpaired) electrons. The van der Waals surface area contributed by atoms with Crippen LogP contribution in [-0.2, 0) is 5.41 Å². The van der Waals surface area contributed by atoms with Gasteiger partial charge < -0.3 is 4.57 Å². The standard InChI is InChI=1S/C55H39N3Si/c1-55(2)46-27-15-12-24-41(46)44-35-49-45(34-47(44)55)42-25-13-16-28-48(42)58(49)38-32-30-37(31-33-38)54-56-51(36-18-6-3-7-19-36)53-52(57-54)43-26-14-17-29-50(43)59(53,39-20-8-4-9-21-39)40-22-10-5-11-23-40/h3-35H,1-2H3. The smallest absolute Gasteiger partial charge is 0.185 e. The zero-order chi connectivity index (χ0) is 39.3. The van der Waals surface area contributed by atoms with Crippen LogP contribution < -0.4 is 20.7 Å². The highest BCUT2D eigenvalue weighted by molar-refractivity contribution is 7.22. The van der Waals surface area contributed by atoms with E-state index in [4.69, 9.17) is 9.97 Å². The number of rotatable bonds is 5. The first-order chi connectivity index (χ1) is 29.0. The van der Waals surface area contributed by atoms with Crippen molar-refractivity contribution < 1.29 is 0 Å². The van der Waals surface area contributed by atoms with Crippen LogP contribution in [0.2, 0.25) is 0 Å². The molecule has 1 aliphatic heterocycles. The summed E-state index contributed by atoms with van der Waals surface area (Å²) < 4.78 is 2.43. The van der Waals surface area contributed by atoms with Crippen LogP contribution >= 0.6 is 0 Å². The van der Waals surface area contributed by atoms with Gasteiger partial charge in [0.15, 0.2) is 13.9 Å². The second kappa shape index (κ2) is 12.7. The predicted octanol–water partition coefficient (Wildman–Crippen LogP) is 10.6. The Kier molecular flexibility index (Phi) is 7.29. The normalized spacial score (nSPS) is 14.2. The minimum atomic E-state index is -2.84. The Morgan fingerprint density at radius 1 is 0.441 bits per heavy atom. The topological polar surface area (TPSA) is 30.7 Å². The fourth-order valence-corrected chi connectivity index (χ4v) is 15.7. The van der Waals surface area contributed by atoms with Crippen LogP contribution in [0, 0.1) is 0 Å². The first kappa shape index (κ1) is 33.9. The van der Waals surface area contributed by atoms with Crippen molar-refractivity contribution in [2.45, 2.75) is 19.3 Å². The van der Waals surface area contributed by atoms with E-state index in [1.54, 1.807) is 0 Å². The second-order valence-electron chi connectivity index (χ2n) is 16.5. The molecule has 0 fully saturated rings. The molecule has 59 heavy (non-hydrogen) atoms. The van der Waals surface area contributed by atoms with Gasteiger partial charge in [-0.2, -0.15) is 0 Å². The number of hydrogen-bond acceptors (Lipinski definition) is 2. The van der Waals surface area contributed by atoms with E-state index in [0.29, 0.717) is 0 Å². The van der Waals surface area contributed by atoms with Crippen molar-refractivity contribution in [3.05, 3.63) is 211 Å². The Bertz CT molecular complexity index is 3240. The second-order valence-corrected chi connectivity index (χ2v) is 20.2. The Morgan fingerprint density at radius 2 is 1.03 bits per heavy atom. The minimum Gasteiger partial charge on any atom is -0.309 e. The zero-order valence-electron chi connectivity index (χ0n) is 32.9. The first-order valence-corrected chi connectivity index (χ1v) is 22.5. The van der Waals surface area contributed by atoms with E-state index in [9.17, 15) is 0 Å². The molecule has 278 valence electrons. The van der Waals surface area contributed by atoms with Gasteiger partial charge >= 0.3 is 0 Å². The van der Waals surface area contributed by atoms with Crippen molar-refractivity contribution in [1.29, 1.82) is 0 Å². The molecule has 0 unspecified atom stereocenters. The summed E-state index contributed by atoms with van der Waals surface area (Å²) in [5, 5.41) is 7.82. The summed E-state index contributed by atoms with van der Waals surface area (Å²) in [4.78, 5) is 11.2. The van der Waals surface area contributed by atoms with Crippen LogP contribution in [0.1, 0.15) is 25.0 Å². The molecule has 0 saturated heterocycles. The highest BCUT2D eigenvalue weighted by Crippen LogP contribution is 2.51. The molecule has 2 aromatic heterocycles. The van der Waals surface area contributed by atoms with Gasteiger partial charge in [-0.25, -0.2) is 9.97 Å². The molecule has 0 N–H and O–H groups in total. The minimum absolute atomic E-state index is 0.0652. The van der Waals surface area contributed by atoms with Gasteiger partial charge in [0.1, 0.15) is 0 Å². The van der Waals surface area contributed by atoms with Gasteiger partial charge in [-0.05, 0) is 80.3 Å². The molecule has 1 aliphatic carbocycles. The quantitative estimate of drug-likeness (QED) is 0.163. The summed E-state index contributed by atoms with van der Waals surface area (Å²) >= 11 is 0. The molecule has 3 heterocycles. The van der Waals surface area contributed by atoms with Gasteiger partial charge in [0, 0.05) is 43.8 Å². The number of fused-ring (bicyclic) bond motifs is 9. The van der Waals surface area contributed by atoms with Gasteiger partial charge in [-0.1, -0.05) is 172 Å². The highest BCUT2D eigenvalue weighted by Gasteiger charge is 2.51. The summed E-state index contributed by atoms with van der Waals surface area (Å²) in [6.45, 7) is 4.71. The van der Waals surface area contributed by atoms with Crippen molar-refractivity contribution in [3.63, 3.8) is 0 Å². The number of aromatic nitrogens is 3. The number of hydrogen-bond donors (Lipinski definition) is 0. The average Bonchev–Trinajstić information content (AvgIpc) is 3.87. The van der Waals surface area contributed by atoms with Crippen LogP contribution in [0.5, 0.6) is 0 Å². The highest BCUT2D eigenvalue weighted by atomic mass is 28.3. The third-order valence-corrected chi connectivity index (χ3v) is 18.0. The van der Waals surface area contributed by atoms with Gasteiger partial charge in [-0.3, -0.25) is 0 Å². The maximum absolute atomic E-state index is 5.60. The predicted molar refractivity (Wildman–Crippen MR) is 247 cm³/mol. The lowest BCUT2D eigenvalue weighted by Crippen LogP contribution is -2.73. The summed E-state index contributed by atoms with van der Waals surface area (Å²) in [6.07, 6.45) is 0. The van der Waals surface area contributed by atoms with Gasteiger partial charge in [0.05, 0.1) is 22.4 Å². The first-order valence-electron chi connectivity index (χ1n) is 20.5. The molecule has 12 rings (SSSR count). The van der Waals surface area contributed by atoms with E-state index in [0.717, 1.165) is 34.0 Å². The van der Waals surface area contributed by atoms with E-state index < -0.39 is 8.07 Å². The Labute approximate surface area is 345 Å². The van der Waals surface area contributed by atoms with E-state index in [2.05, 4.69) is 219 Å². The van der Waals surface area contributed by atoms with Crippen LogP contribution in [0.15, 0.2) is 200 Å². The van der Waals surface area contributed by atoms with E-state index >= 15 is 0 Å². The molecular formula is C55H39N3Si. The van der Waals surface area contributed by atoms with Crippen molar-refractivity contribution in [2.75, 3.05) is 0 Å². The lowest BCUT2D eigenvalue weighted by Gasteiger charge is -2.32. The maximum atomic E-state index is 5.60. The van der Waals surface area contributed by atoms with E-state index in [1.165, 1.54) is 70.4 Å². The Morgan fingerprint density at radius 3 is 1.76 bits per heavy atom. The van der Waals surface area contributed by atoms with Gasteiger partial charge in [0.2, 0.25) is 0 Å². The molecule has 3 nitrogen and oxygen atoms in total. The summed E-state index contributed by atoms with van der Waals surface area (Å²) in [5.41, 5.74) is 14.2. The molecule has 0 amide bonds. The Balaban J connectivity index is 1.07. The molecule has 2 aliphatic rings. The monoisotopic (exact) mass is 769 g/mol. The lowest BCUT2D eigenvalue weighted by molar-refractivity contribution is 0.661. The largest absolute Gasteiger partial charge is 0.309 e. The molecule has 8 aromatic carbocycles. The number of para-hydroxylation sites is 1. The third-order valence-electron chi connectivity index (χ3n) is 13.1. The average molecular weight is 770 g/mol. The van der Waals surface area contributed by atoms with E-state index in [1.807, 2.05) is 0 Å². The lowest BCUT2D eigenvalue weighted by atomic mass is 9.82. The van der Waals surface area contributed by atoms with Gasteiger partial charge in [-0.15, -0.1) is 0 Å². The maximum Gasteiger partial charge on any atom is 0.185 e.